The van der Waals surface area contributed by atoms with Crippen LogP contribution in [0.2, 0.25) is 0 Å². The Bertz CT molecular complexity index is 247. The minimum absolute atomic E-state index is 0.114. The first-order valence-corrected chi connectivity index (χ1v) is 5.39. The van der Waals surface area contributed by atoms with Crippen molar-refractivity contribution in [2.75, 3.05) is 0 Å². The fraction of sp³-hybridized carbons (Fsp3) is 0.400. The van der Waals surface area contributed by atoms with Crippen LogP contribution in [-0.4, -0.2) is 4.92 Å². The largest absolute Gasteiger partial charge is 0.269 e. The minimum atomic E-state index is -0.424. The number of hydrogen-bond acceptors (Lipinski definition) is 2. The Labute approximate surface area is 93.4 Å². The lowest BCUT2D eigenvalue weighted by atomic mass is 10.3. The van der Waals surface area contributed by atoms with Gasteiger partial charge in [-0.3, -0.25) is 10.1 Å². The van der Waals surface area contributed by atoms with Gasteiger partial charge in [-0.25, -0.2) is 0 Å². The molecule has 0 aliphatic carbocycles. The molecular weight excluding hydrogens is 246 g/mol. The third kappa shape index (κ3) is 6.60. The van der Waals surface area contributed by atoms with Gasteiger partial charge in [-0.2, -0.15) is 0 Å². The molecule has 0 spiro atoms. The molecule has 1 aromatic carbocycles. The van der Waals surface area contributed by atoms with Crippen molar-refractivity contribution >= 4 is 21.6 Å². The average Bonchev–Trinajstić information content (AvgIpc) is 2.24. The molecule has 0 bridgehead atoms. The SMILES string of the molecule is CC.CC.O=[N+]([O-])c1ccc(Br)cc1. The standard InChI is InChI=1S/C6H4BrNO2.2C2H6/c7-5-1-3-6(4-2-5)8(9)10;2*1-2/h1-4H;2*1-2H3. The van der Waals surface area contributed by atoms with Gasteiger partial charge in [-0.05, 0) is 12.1 Å². The molecular formula is C10H16BrNO2. The first kappa shape index (κ1) is 15.6. The van der Waals surface area contributed by atoms with E-state index in [0.29, 0.717) is 0 Å². The Kier molecular flexibility index (Phi) is 11.3. The smallest absolute Gasteiger partial charge is 0.258 e. The van der Waals surface area contributed by atoms with E-state index < -0.39 is 4.92 Å². The summed E-state index contributed by atoms with van der Waals surface area (Å²) in [6.07, 6.45) is 0. The van der Waals surface area contributed by atoms with E-state index in [1.165, 1.54) is 12.1 Å². The van der Waals surface area contributed by atoms with Crippen molar-refractivity contribution in [3.63, 3.8) is 0 Å². The number of hydrogen-bond donors (Lipinski definition) is 0. The summed E-state index contributed by atoms with van der Waals surface area (Å²) in [5, 5.41) is 10.1. The molecule has 0 heterocycles. The van der Waals surface area contributed by atoms with Gasteiger partial charge in [0, 0.05) is 16.6 Å². The van der Waals surface area contributed by atoms with E-state index in [9.17, 15) is 10.1 Å². The van der Waals surface area contributed by atoms with E-state index in [1.54, 1.807) is 12.1 Å². The van der Waals surface area contributed by atoms with Crippen LogP contribution >= 0.6 is 15.9 Å². The summed E-state index contributed by atoms with van der Waals surface area (Å²) in [4.78, 5) is 9.68. The van der Waals surface area contributed by atoms with E-state index in [4.69, 9.17) is 0 Å². The van der Waals surface area contributed by atoms with Gasteiger partial charge in [0.2, 0.25) is 0 Å². The Morgan fingerprint density at radius 3 is 1.71 bits per heavy atom. The highest BCUT2D eigenvalue weighted by molar-refractivity contribution is 9.10. The van der Waals surface area contributed by atoms with Crippen LogP contribution in [0.15, 0.2) is 28.7 Å². The van der Waals surface area contributed by atoms with Crippen LogP contribution in [0.5, 0.6) is 0 Å². The summed E-state index contributed by atoms with van der Waals surface area (Å²) in [6.45, 7) is 8.00. The first-order valence-electron chi connectivity index (χ1n) is 4.60. The lowest BCUT2D eigenvalue weighted by Crippen LogP contribution is -1.85. The van der Waals surface area contributed by atoms with Crippen molar-refractivity contribution in [2.24, 2.45) is 0 Å². The Morgan fingerprint density at radius 2 is 1.43 bits per heavy atom. The number of nitro benzene ring substituents is 1. The van der Waals surface area contributed by atoms with E-state index in [2.05, 4.69) is 15.9 Å². The number of non-ortho nitro benzene ring substituents is 1. The molecule has 1 rings (SSSR count). The highest BCUT2D eigenvalue weighted by Crippen LogP contribution is 2.15. The molecule has 0 fully saturated rings. The van der Waals surface area contributed by atoms with Gasteiger partial charge in [-0.1, -0.05) is 43.6 Å². The number of benzene rings is 1. The summed E-state index contributed by atoms with van der Waals surface area (Å²) in [6, 6.07) is 6.17. The highest BCUT2D eigenvalue weighted by atomic mass is 79.9. The molecule has 0 saturated heterocycles. The second kappa shape index (κ2) is 10.2. The highest BCUT2D eigenvalue weighted by Gasteiger charge is 2.01. The normalized spacial score (nSPS) is 7.50. The summed E-state index contributed by atoms with van der Waals surface area (Å²) in [7, 11) is 0. The molecule has 0 aromatic heterocycles. The number of nitrogens with zero attached hydrogens (tertiary/aromatic N) is 1. The van der Waals surface area contributed by atoms with Crippen LogP contribution in [0.4, 0.5) is 5.69 Å². The van der Waals surface area contributed by atoms with Crippen molar-refractivity contribution < 1.29 is 4.92 Å². The van der Waals surface area contributed by atoms with Gasteiger partial charge in [0.1, 0.15) is 0 Å². The van der Waals surface area contributed by atoms with Gasteiger partial charge in [-0.15, -0.1) is 0 Å². The maximum Gasteiger partial charge on any atom is 0.269 e. The first-order chi connectivity index (χ1) is 6.70. The van der Waals surface area contributed by atoms with Crippen molar-refractivity contribution in [1.29, 1.82) is 0 Å². The van der Waals surface area contributed by atoms with Crippen molar-refractivity contribution in [3.05, 3.63) is 38.9 Å². The molecule has 0 aliphatic heterocycles. The average molecular weight is 262 g/mol. The molecule has 0 aliphatic rings. The number of nitro groups is 1. The molecule has 0 amide bonds. The van der Waals surface area contributed by atoms with E-state index in [0.717, 1.165) is 4.47 Å². The number of rotatable bonds is 1. The van der Waals surface area contributed by atoms with E-state index in [1.807, 2.05) is 27.7 Å². The number of halogens is 1. The van der Waals surface area contributed by atoms with Crippen LogP contribution in [0, 0.1) is 10.1 Å². The van der Waals surface area contributed by atoms with Crippen molar-refractivity contribution in [3.8, 4) is 0 Å². The predicted octanol–water partition coefficient (Wildman–Crippen LogP) is 4.41. The van der Waals surface area contributed by atoms with Crippen LogP contribution in [0.1, 0.15) is 27.7 Å². The van der Waals surface area contributed by atoms with Crippen LogP contribution < -0.4 is 0 Å². The predicted molar refractivity (Wildman–Crippen MR) is 63.5 cm³/mol. The summed E-state index contributed by atoms with van der Waals surface area (Å²) in [5.74, 6) is 0. The fourth-order valence-electron chi connectivity index (χ4n) is 0.563. The van der Waals surface area contributed by atoms with Gasteiger partial charge >= 0.3 is 0 Å². The van der Waals surface area contributed by atoms with Gasteiger partial charge < -0.3 is 0 Å². The lowest BCUT2D eigenvalue weighted by molar-refractivity contribution is -0.384. The second-order valence-corrected chi connectivity index (χ2v) is 2.65. The maximum atomic E-state index is 10.1. The Hall–Kier alpha value is -0.900. The summed E-state index contributed by atoms with van der Waals surface area (Å²) in [5.41, 5.74) is 0.114. The van der Waals surface area contributed by atoms with Crippen LogP contribution in [-0.2, 0) is 0 Å². The molecule has 0 saturated carbocycles. The second-order valence-electron chi connectivity index (χ2n) is 1.73. The van der Waals surface area contributed by atoms with Crippen molar-refractivity contribution in [2.45, 2.75) is 27.7 Å². The zero-order chi connectivity index (χ0) is 11.6. The summed E-state index contributed by atoms with van der Waals surface area (Å²) < 4.78 is 0.845. The fourth-order valence-corrected chi connectivity index (χ4v) is 0.827. The monoisotopic (exact) mass is 261 g/mol. The van der Waals surface area contributed by atoms with Gasteiger partial charge in [0.05, 0.1) is 4.92 Å². The zero-order valence-corrected chi connectivity index (χ0v) is 10.5. The molecule has 80 valence electrons. The molecule has 0 atom stereocenters. The molecule has 14 heavy (non-hydrogen) atoms. The lowest BCUT2D eigenvalue weighted by Gasteiger charge is -1.88. The third-order valence-electron chi connectivity index (χ3n) is 1.04. The van der Waals surface area contributed by atoms with E-state index in [-0.39, 0.29) is 5.69 Å². The minimum Gasteiger partial charge on any atom is -0.258 e. The molecule has 4 heteroatoms. The molecule has 1 aromatic rings. The van der Waals surface area contributed by atoms with Gasteiger partial charge in [0.25, 0.3) is 5.69 Å². The van der Waals surface area contributed by atoms with E-state index >= 15 is 0 Å². The zero-order valence-electron chi connectivity index (χ0n) is 8.95. The quantitative estimate of drug-likeness (QED) is 0.555. The Morgan fingerprint density at radius 1 is 1.07 bits per heavy atom. The topological polar surface area (TPSA) is 43.1 Å². The van der Waals surface area contributed by atoms with Crippen molar-refractivity contribution in [1.82, 2.24) is 0 Å². The maximum absolute atomic E-state index is 10.1. The molecule has 0 N–H and O–H groups in total. The summed E-state index contributed by atoms with van der Waals surface area (Å²) >= 11 is 3.17. The Balaban J connectivity index is 0. The van der Waals surface area contributed by atoms with Crippen LogP contribution in [0.3, 0.4) is 0 Å². The van der Waals surface area contributed by atoms with Crippen LogP contribution in [0.25, 0.3) is 0 Å². The third-order valence-corrected chi connectivity index (χ3v) is 1.57. The molecule has 0 unspecified atom stereocenters. The van der Waals surface area contributed by atoms with Gasteiger partial charge in [0.15, 0.2) is 0 Å². The molecule has 3 nitrogen and oxygen atoms in total. The molecule has 0 radical (unpaired) electrons.